The van der Waals surface area contributed by atoms with Gasteiger partial charge in [-0.25, -0.2) is 0 Å². The Labute approximate surface area is 85.7 Å². The number of hydrogen-bond donors (Lipinski definition) is 0. The van der Waals surface area contributed by atoms with Crippen molar-refractivity contribution in [2.24, 2.45) is 0 Å². The summed E-state index contributed by atoms with van der Waals surface area (Å²) >= 11 is 0. The zero-order valence-electron chi connectivity index (χ0n) is 7.69. The molecule has 14 heavy (non-hydrogen) atoms. The molecule has 6 nitrogen and oxygen atoms in total. The number of nitrogens with zero attached hydrogens (tertiary/aromatic N) is 3. The summed E-state index contributed by atoms with van der Waals surface area (Å²) in [7, 11) is 3.35. The minimum Gasteiger partial charge on any atom is -0.724 e. The number of rotatable bonds is 2. The Morgan fingerprint density at radius 1 is 1.00 bits per heavy atom. The molecule has 0 fully saturated rings. The van der Waals surface area contributed by atoms with Crippen LogP contribution in [0.5, 0.6) is 0 Å². The van der Waals surface area contributed by atoms with Gasteiger partial charge in [-0.2, -0.15) is 0 Å². The molecule has 0 aromatic carbocycles. The van der Waals surface area contributed by atoms with Crippen LogP contribution < -0.4 is 0 Å². The van der Waals surface area contributed by atoms with Gasteiger partial charge in [0.15, 0.2) is 0 Å². The van der Waals surface area contributed by atoms with E-state index in [1.54, 1.807) is 0 Å². The fourth-order valence-electron chi connectivity index (χ4n) is 0.177. The largest absolute Gasteiger partial charge is 0.724 e. The fourth-order valence-corrected chi connectivity index (χ4v) is 0.530. The van der Waals surface area contributed by atoms with Crippen molar-refractivity contribution in [3.05, 3.63) is 16.2 Å². The molecule has 0 aromatic heterocycles. The summed E-state index contributed by atoms with van der Waals surface area (Å²) in [6.07, 6.45) is 4.10. The summed E-state index contributed by atoms with van der Waals surface area (Å²) in [6, 6.07) is 1.15. The van der Waals surface area contributed by atoms with E-state index in [2.05, 4.69) is 17.2 Å². The van der Waals surface area contributed by atoms with Crippen LogP contribution in [0.1, 0.15) is 19.8 Å². The predicted octanol–water partition coefficient (Wildman–Crippen LogP) is 1.05. The maximum Gasteiger partial charge on any atom is 0.0222 e. The van der Waals surface area contributed by atoms with Crippen molar-refractivity contribution in [1.29, 1.82) is 0 Å². The van der Waals surface area contributed by atoms with Crippen molar-refractivity contribution in [1.82, 2.24) is 0 Å². The fraction of sp³-hybridized carbons (Fsp3) is 0.571. The van der Waals surface area contributed by atoms with E-state index in [0.717, 1.165) is 6.04 Å². The molecule has 3 radical (unpaired) electrons. The SMILES string of the molecule is CCCC[Si].[N-]=C=O.[N-]=C=O.[N-]=C=O. The van der Waals surface area contributed by atoms with E-state index in [4.69, 9.17) is 30.6 Å². The van der Waals surface area contributed by atoms with Crippen molar-refractivity contribution in [3.8, 4) is 0 Å². The first-order valence-electron chi connectivity index (χ1n) is 3.34. The van der Waals surface area contributed by atoms with Gasteiger partial charge >= 0.3 is 0 Å². The molecule has 0 aliphatic rings. The lowest BCUT2D eigenvalue weighted by molar-refractivity contribution is 0.568. The maximum atomic E-state index is 8.24. The first kappa shape index (κ1) is 22.8. The summed E-state index contributed by atoms with van der Waals surface area (Å²) in [6.45, 7) is 2.18. The Balaban J connectivity index is -0.0000000495. The third-order valence-electron chi connectivity index (χ3n) is 0.530. The van der Waals surface area contributed by atoms with E-state index >= 15 is 0 Å². The van der Waals surface area contributed by atoms with Crippen LogP contribution in [-0.4, -0.2) is 28.5 Å². The summed E-state index contributed by atoms with van der Waals surface area (Å²) in [5.41, 5.74) is 0. The molecule has 0 aliphatic heterocycles. The van der Waals surface area contributed by atoms with Gasteiger partial charge in [-0.1, -0.05) is 25.8 Å². The van der Waals surface area contributed by atoms with Crippen LogP contribution in [0.15, 0.2) is 0 Å². The number of hydrogen-bond acceptors (Lipinski definition) is 3. The smallest absolute Gasteiger partial charge is 0.0222 e. The van der Waals surface area contributed by atoms with Gasteiger partial charge in [0.25, 0.3) is 0 Å². The molecule has 0 rings (SSSR count). The molecule has 0 aromatic rings. The van der Waals surface area contributed by atoms with Crippen LogP contribution in [0.2, 0.25) is 6.04 Å². The van der Waals surface area contributed by atoms with Gasteiger partial charge in [-0.05, 0) is 18.2 Å². The van der Waals surface area contributed by atoms with Crippen LogP contribution in [0.3, 0.4) is 0 Å². The third-order valence-corrected chi connectivity index (χ3v) is 0.884. The summed E-state index contributed by atoms with van der Waals surface area (Å²) < 4.78 is 0. The minimum absolute atomic E-state index is 0.500. The van der Waals surface area contributed by atoms with Crippen LogP contribution in [0.25, 0.3) is 16.2 Å². The highest BCUT2D eigenvalue weighted by Gasteiger charge is 1.68. The Kier molecular flexibility index (Phi) is 105. The van der Waals surface area contributed by atoms with Gasteiger partial charge < -0.3 is 16.2 Å². The van der Waals surface area contributed by atoms with E-state index in [1.165, 1.54) is 12.8 Å². The normalized spacial score (nSPS) is 4.71. The molecule has 0 saturated heterocycles. The molecule has 0 saturated carbocycles. The topological polar surface area (TPSA) is 118 Å². The van der Waals surface area contributed by atoms with Gasteiger partial charge in [0.05, 0.1) is 0 Å². The maximum absolute atomic E-state index is 8.24. The van der Waals surface area contributed by atoms with Gasteiger partial charge in [0, 0.05) is 10.2 Å². The van der Waals surface area contributed by atoms with Crippen LogP contribution in [-0.2, 0) is 14.4 Å². The highest BCUT2D eigenvalue weighted by molar-refractivity contribution is 6.08. The average molecular weight is 211 g/mol. The number of carbonyl (C=O) groups excluding carboxylic acids is 3. The van der Waals surface area contributed by atoms with Gasteiger partial charge in [-0.15, -0.1) is 0 Å². The van der Waals surface area contributed by atoms with Crippen LogP contribution in [0.4, 0.5) is 0 Å². The summed E-state index contributed by atoms with van der Waals surface area (Å²) in [5, 5.41) is 20.3. The first-order chi connectivity index (χ1) is 6.66. The quantitative estimate of drug-likeness (QED) is 0.385. The van der Waals surface area contributed by atoms with E-state index in [9.17, 15) is 0 Å². The summed E-state index contributed by atoms with van der Waals surface area (Å²) in [4.78, 5) is 24.7. The highest BCUT2D eigenvalue weighted by Crippen LogP contribution is 1.86. The molecule has 0 bridgehead atoms. The highest BCUT2D eigenvalue weighted by atomic mass is 28.1. The standard InChI is InChI=1S/C4H9Si.3CNO/c1-2-3-4-5;3*2-1-3/h2-4H2,1H3;;;/q;3*-1. The second-order valence-electron chi connectivity index (χ2n) is 1.38. The van der Waals surface area contributed by atoms with Gasteiger partial charge in [-0.3, -0.25) is 14.4 Å². The van der Waals surface area contributed by atoms with Crippen molar-refractivity contribution in [2.75, 3.05) is 0 Å². The molecule has 0 heterocycles. The molecular weight excluding hydrogens is 202 g/mol. The average Bonchev–Trinajstić information content (AvgIpc) is 2.09. The lowest BCUT2D eigenvalue weighted by Crippen LogP contribution is -1.63. The molecule has 0 amide bonds. The monoisotopic (exact) mass is 211 g/mol. The lowest BCUT2D eigenvalue weighted by Gasteiger charge is -1.78. The van der Waals surface area contributed by atoms with E-state index in [1.807, 2.05) is 0 Å². The van der Waals surface area contributed by atoms with Crippen LogP contribution in [0, 0.1) is 0 Å². The van der Waals surface area contributed by atoms with Gasteiger partial charge in [0.1, 0.15) is 0 Å². The third kappa shape index (κ3) is 7120. The Bertz CT molecular complexity index is 148. The van der Waals surface area contributed by atoms with Crippen molar-refractivity contribution in [2.45, 2.75) is 25.8 Å². The van der Waals surface area contributed by atoms with Crippen molar-refractivity contribution < 1.29 is 14.4 Å². The van der Waals surface area contributed by atoms with E-state index < -0.39 is 0 Å². The zero-order chi connectivity index (χ0) is 12.2. The number of isocyanates is 3. The number of unbranched alkanes of at least 4 members (excludes halogenated alkanes) is 1. The van der Waals surface area contributed by atoms with Crippen molar-refractivity contribution in [3.63, 3.8) is 0 Å². The van der Waals surface area contributed by atoms with E-state index in [-0.39, 0.29) is 0 Å². The lowest BCUT2D eigenvalue weighted by atomic mass is 10.4. The minimum atomic E-state index is 0.500. The second kappa shape index (κ2) is 64.2. The van der Waals surface area contributed by atoms with Crippen molar-refractivity contribution >= 4 is 28.5 Å². The Hall–Kier alpha value is -1.64. The Morgan fingerprint density at radius 3 is 1.21 bits per heavy atom. The Morgan fingerprint density at radius 2 is 1.21 bits per heavy atom. The summed E-state index contributed by atoms with van der Waals surface area (Å²) in [5.74, 6) is 0. The predicted molar refractivity (Wildman–Crippen MR) is 52.6 cm³/mol. The first-order valence-corrected chi connectivity index (χ1v) is 4.05. The molecule has 0 aliphatic carbocycles. The molecule has 0 unspecified atom stereocenters. The van der Waals surface area contributed by atoms with Crippen LogP contribution >= 0.6 is 0 Å². The zero-order valence-corrected chi connectivity index (χ0v) is 8.69. The molecule has 0 spiro atoms. The molecule has 7 heteroatoms. The van der Waals surface area contributed by atoms with E-state index in [0.29, 0.717) is 18.2 Å². The van der Waals surface area contributed by atoms with Gasteiger partial charge in [0.2, 0.25) is 0 Å². The second-order valence-corrected chi connectivity index (χ2v) is 1.88. The molecule has 0 atom stereocenters. The molecular formula is C7H9N3O3Si-3. The molecule has 77 valence electrons. The molecule has 0 N–H and O–H groups in total.